The number of aromatic hydroxyl groups is 1. The van der Waals surface area contributed by atoms with Gasteiger partial charge in [-0.15, -0.1) is 0 Å². The lowest BCUT2D eigenvalue weighted by Crippen LogP contribution is -2.29. The fourth-order valence-electron chi connectivity index (χ4n) is 4.62. The van der Waals surface area contributed by atoms with Crippen LogP contribution in [0, 0.1) is 13.8 Å². The molecule has 0 bridgehead atoms. The van der Waals surface area contributed by atoms with Crippen molar-refractivity contribution in [2.75, 3.05) is 4.90 Å². The van der Waals surface area contributed by atoms with Crippen molar-refractivity contribution in [1.29, 1.82) is 0 Å². The molecule has 1 saturated carbocycles. The van der Waals surface area contributed by atoms with Gasteiger partial charge in [0.15, 0.2) is 5.11 Å². The second kappa shape index (κ2) is 7.29. The fraction of sp³-hybridized carbons (Fsp3) is 0.304. The highest BCUT2D eigenvalue weighted by Gasteiger charge is 2.43. The average molecular weight is 439 g/mol. The van der Waals surface area contributed by atoms with Crippen LogP contribution >= 0.6 is 23.8 Å². The van der Waals surface area contributed by atoms with E-state index in [-0.39, 0.29) is 17.8 Å². The predicted octanol–water partition coefficient (Wildman–Crippen LogP) is 5.37. The molecular weight excluding hydrogens is 416 g/mol. The van der Waals surface area contributed by atoms with E-state index in [9.17, 15) is 5.11 Å². The summed E-state index contributed by atoms with van der Waals surface area (Å²) in [5, 5.41) is 15.2. The fourth-order valence-corrected chi connectivity index (χ4v) is 5.12. The lowest BCUT2D eigenvalue weighted by Gasteiger charge is -2.28. The van der Waals surface area contributed by atoms with Crippen LogP contribution in [-0.4, -0.2) is 19.8 Å². The number of pyridine rings is 1. The number of nitrogens with zero attached hydrogens (tertiary/aromatic N) is 3. The lowest BCUT2D eigenvalue weighted by molar-refractivity contribution is 0.472. The van der Waals surface area contributed by atoms with Crippen molar-refractivity contribution in [1.82, 2.24) is 14.9 Å². The second-order valence-corrected chi connectivity index (χ2v) is 8.88. The largest absolute Gasteiger partial charge is 0.506 e. The molecule has 0 unspecified atom stereocenters. The summed E-state index contributed by atoms with van der Waals surface area (Å²) >= 11 is 12.0. The maximum atomic E-state index is 10.7. The number of rotatable bonds is 4. The monoisotopic (exact) mass is 438 g/mol. The lowest BCUT2D eigenvalue weighted by atomic mass is 9.96. The van der Waals surface area contributed by atoms with Crippen molar-refractivity contribution in [3.05, 3.63) is 76.3 Å². The molecule has 5 rings (SSSR count). The van der Waals surface area contributed by atoms with E-state index in [1.54, 1.807) is 24.4 Å². The van der Waals surface area contributed by atoms with Gasteiger partial charge in [0.05, 0.1) is 23.5 Å². The third kappa shape index (κ3) is 3.15. The van der Waals surface area contributed by atoms with Gasteiger partial charge in [0, 0.05) is 28.6 Å². The Balaban J connectivity index is 1.69. The van der Waals surface area contributed by atoms with Crippen LogP contribution in [0.25, 0.3) is 0 Å². The van der Waals surface area contributed by atoms with Gasteiger partial charge in [-0.05, 0) is 80.9 Å². The van der Waals surface area contributed by atoms with Crippen molar-refractivity contribution in [3.8, 4) is 5.75 Å². The van der Waals surface area contributed by atoms with Gasteiger partial charge in [-0.2, -0.15) is 0 Å². The zero-order valence-corrected chi connectivity index (χ0v) is 18.4. The van der Waals surface area contributed by atoms with Crippen LogP contribution in [0.1, 0.15) is 53.6 Å². The molecule has 154 valence electrons. The van der Waals surface area contributed by atoms with Gasteiger partial charge in [-0.3, -0.25) is 4.98 Å². The minimum Gasteiger partial charge on any atom is -0.506 e. The van der Waals surface area contributed by atoms with Crippen molar-refractivity contribution < 1.29 is 5.11 Å². The molecule has 2 atom stereocenters. The summed E-state index contributed by atoms with van der Waals surface area (Å²) in [6, 6.07) is 13.5. The highest BCUT2D eigenvalue weighted by molar-refractivity contribution is 7.80. The number of anilines is 1. The molecule has 2 aliphatic rings. The Bertz CT molecular complexity index is 1130. The first-order valence-electron chi connectivity index (χ1n) is 10.1. The number of phenols is 1. The number of halogens is 1. The summed E-state index contributed by atoms with van der Waals surface area (Å²) in [7, 11) is 0. The Morgan fingerprint density at radius 3 is 2.67 bits per heavy atom. The van der Waals surface area contributed by atoms with Crippen molar-refractivity contribution in [2.45, 2.75) is 44.8 Å². The number of hydrogen-bond donors (Lipinski definition) is 2. The number of hydrogen-bond acceptors (Lipinski definition) is 3. The van der Waals surface area contributed by atoms with Gasteiger partial charge in [0.1, 0.15) is 5.75 Å². The molecule has 3 aromatic rings. The molecule has 2 N–H and O–H groups in total. The Morgan fingerprint density at radius 1 is 1.17 bits per heavy atom. The number of phenolic OH excluding ortho intramolecular Hbond substituents is 1. The van der Waals surface area contributed by atoms with Crippen LogP contribution in [0.5, 0.6) is 5.75 Å². The maximum Gasteiger partial charge on any atom is 0.174 e. The molecule has 2 aromatic heterocycles. The van der Waals surface area contributed by atoms with E-state index in [1.165, 1.54) is 29.8 Å². The third-order valence-electron chi connectivity index (χ3n) is 6.05. The molecule has 1 aliphatic heterocycles. The summed E-state index contributed by atoms with van der Waals surface area (Å²) in [6.07, 6.45) is 4.24. The SMILES string of the molecule is Cc1cc([C@@H]2[C@H](c3ccccn3)NC(=S)N2c2cc(Cl)ccc2O)c(C)n1C1CC1. The van der Waals surface area contributed by atoms with Crippen LogP contribution in [-0.2, 0) is 0 Å². The minimum atomic E-state index is -0.157. The van der Waals surface area contributed by atoms with Crippen LogP contribution in [0.2, 0.25) is 5.02 Å². The number of aromatic nitrogens is 2. The highest BCUT2D eigenvalue weighted by Crippen LogP contribution is 2.47. The quantitative estimate of drug-likeness (QED) is 0.536. The summed E-state index contributed by atoms with van der Waals surface area (Å²) in [5.41, 5.74) is 5.17. The van der Waals surface area contributed by atoms with Gasteiger partial charge >= 0.3 is 0 Å². The smallest absolute Gasteiger partial charge is 0.174 e. The normalized spacial score (nSPS) is 21.2. The zero-order chi connectivity index (χ0) is 21.0. The van der Waals surface area contributed by atoms with Gasteiger partial charge in [-0.1, -0.05) is 17.7 Å². The average Bonchev–Trinajstić information content (AvgIpc) is 3.44. The summed E-state index contributed by atoms with van der Waals surface area (Å²) in [5.74, 6) is 0.145. The van der Waals surface area contributed by atoms with Crippen molar-refractivity contribution in [3.63, 3.8) is 0 Å². The van der Waals surface area contributed by atoms with E-state index in [4.69, 9.17) is 23.8 Å². The van der Waals surface area contributed by atoms with Gasteiger partial charge in [0.2, 0.25) is 0 Å². The molecular formula is C23H23ClN4OS. The van der Waals surface area contributed by atoms with Crippen LogP contribution in [0.4, 0.5) is 5.69 Å². The standard InChI is InChI=1S/C23H23ClN4OS/c1-13-11-17(14(2)27(13)16-7-8-16)22-21(18-5-3-4-10-25-18)26-23(30)28(22)19-12-15(24)6-9-20(19)29/h3-6,9-12,16,21-22,29H,7-8H2,1-2H3,(H,26,30)/t21-,22+/m0/s1. The molecule has 0 radical (unpaired) electrons. The first-order chi connectivity index (χ1) is 14.5. The Morgan fingerprint density at radius 2 is 1.97 bits per heavy atom. The Labute approximate surface area is 186 Å². The first kappa shape index (κ1) is 19.4. The van der Waals surface area contributed by atoms with E-state index in [2.05, 4.69) is 34.8 Å². The summed E-state index contributed by atoms with van der Waals surface area (Å²) in [4.78, 5) is 6.58. The van der Waals surface area contributed by atoms with Crippen molar-refractivity contribution in [2.24, 2.45) is 0 Å². The van der Waals surface area contributed by atoms with E-state index >= 15 is 0 Å². The number of benzene rings is 1. The Hall–Kier alpha value is -2.57. The van der Waals surface area contributed by atoms with Crippen LogP contribution < -0.4 is 10.2 Å². The number of aryl methyl sites for hydroxylation is 1. The molecule has 30 heavy (non-hydrogen) atoms. The molecule has 0 amide bonds. The van der Waals surface area contributed by atoms with E-state index < -0.39 is 0 Å². The molecule has 3 heterocycles. The summed E-state index contributed by atoms with van der Waals surface area (Å²) in [6.45, 7) is 4.33. The Kier molecular flexibility index (Phi) is 4.71. The predicted molar refractivity (Wildman–Crippen MR) is 123 cm³/mol. The summed E-state index contributed by atoms with van der Waals surface area (Å²) < 4.78 is 2.43. The third-order valence-corrected chi connectivity index (χ3v) is 6.60. The van der Waals surface area contributed by atoms with Crippen LogP contribution in [0.3, 0.4) is 0 Å². The molecule has 1 aromatic carbocycles. The van der Waals surface area contributed by atoms with Gasteiger partial charge in [0.25, 0.3) is 0 Å². The number of thiocarbonyl (C=S) groups is 1. The molecule has 7 heteroatoms. The molecule has 0 spiro atoms. The van der Waals surface area contributed by atoms with E-state index in [0.717, 1.165) is 5.69 Å². The molecule has 1 aliphatic carbocycles. The maximum absolute atomic E-state index is 10.7. The molecule has 2 fully saturated rings. The van der Waals surface area contributed by atoms with Gasteiger partial charge < -0.3 is 19.9 Å². The topological polar surface area (TPSA) is 53.3 Å². The van der Waals surface area contributed by atoms with Gasteiger partial charge in [-0.25, -0.2) is 0 Å². The highest BCUT2D eigenvalue weighted by atomic mass is 35.5. The first-order valence-corrected chi connectivity index (χ1v) is 10.9. The number of nitrogens with one attached hydrogen (secondary N) is 1. The van der Waals surface area contributed by atoms with E-state index in [1.807, 2.05) is 23.1 Å². The second-order valence-electron chi connectivity index (χ2n) is 8.06. The minimum absolute atomic E-state index is 0.145. The molecule has 1 saturated heterocycles. The zero-order valence-electron chi connectivity index (χ0n) is 16.8. The molecule has 5 nitrogen and oxygen atoms in total. The van der Waals surface area contributed by atoms with Crippen LogP contribution in [0.15, 0.2) is 48.7 Å². The van der Waals surface area contributed by atoms with Crippen molar-refractivity contribution >= 4 is 34.6 Å². The van der Waals surface area contributed by atoms with E-state index in [0.29, 0.717) is 21.9 Å².